The molecule has 0 bridgehead atoms. The summed E-state index contributed by atoms with van der Waals surface area (Å²) >= 11 is 0. The van der Waals surface area contributed by atoms with Gasteiger partial charge in [0.15, 0.2) is 0 Å². The largest absolute Gasteiger partial charge is 0.444 e. The lowest BCUT2D eigenvalue weighted by Crippen LogP contribution is -2.47. The molecular weight excluding hydrogens is 240 g/mol. The maximum absolute atomic E-state index is 11.7. The fourth-order valence-corrected chi connectivity index (χ4v) is 3.31. The molecule has 1 aliphatic heterocycles. The monoisotopic (exact) mass is 268 g/mol. The molecule has 19 heavy (non-hydrogen) atoms. The highest BCUT2D eigenvalue weighted by Crippen LogP contribution is 2.41. The zero-order valence-electron chi connectivity index (χ0n) is 12.6. The van der Waals surface area contributed by atoms with E-state index in [4.69, 9.17) is 4.74 Å². The number of alkyl carbamates (subject to hydrolysis) is 1. The zero-order chi connectivity index (χ0) is 13.9. The minimum atomic E-state index is -0.409. The van der Waals surface area contributed by atoms with Crippen molar-refractivity contribution in [2.45, 2.75) is 70.9 Å². The summed E-state index contributed by atoms with van der Waals surface area (Å²) < 4.78 is 5.32. The van der Waals surface area contributed by atoms with E-state index in [9.17, 15) is 4.79 Å². The van der Waals surface area contributed by atoms with E-state index >= 15 is 0 Å². The summed E-state index contributed by atoms with van der Waals surface area (Å²) in [6, 6.07) is 0.294. The molecule has 1 heterocycles. The average Bonchev–Trinajstić information content (AvgIpc) is 2.31. The van der Waals surface area contributed by atoms with Crippen LogP contribution in [0.5, 0.6) is 0 Å². The molecule has 0 aromatic carbocycles. The molecule has 0 unspecified atom stereocenters. The van der Waals surface area contributed by atoms with Gasteiger partial charge in [0.1, 0.15) is 5.60 Å². The Bertz CT molecular complexity index is 307. The first-order valence-corrected chi connectivity index (χ1v) is 7.59. The summed E-state index contributed by atoms with van der Waals surface area (Å²) in [4.78, 5) is 11.7. The lowest BCUT2D eigenvalue weighted by Gasteiger charge is -2.43. The highest BCUT2D eigenvalue weighted by Gasteiger charge is 2.36. The van der Waals surface area contributed by atoms with Gasteiger partial charge in [-0.3, -0.25) is 0 Å². The first-order chi connectivity index (χ1) is 8.89. The third-order valence-electron chi connectivity index (χ3n) is 4.33. The van der Waals surface area contributed by atoms with Gasteiger partial charge in [-0.15, -0.1) is 0 Å². The summed E-state index contributed by atoms with van der Waals surface area (Å²) in [5.41, 5.74) is 0.0949. The number of carbonyl (C=O) groups excluding carboxylic acids is 1. The molecule has 1 aliphatic carbocycles. The van der Waals surface area contributed by atoms with E-state index in [1.54, 1.807) is 0 Å². The van der Waals surface area contributed by atoms with Crippen LogP contribution in [0.25, 0.3) is 0 Å². The third-order valence-corrected chi connectivity index (χ3v) is 4.33. The molecule has 1 saturated carbocycles. The van der Waals surface area contributed by atoms with Crippen LogP contribution in [-0.4, -0.2) is 30.8 Å². The van der Waals surface area contributed by atoms with Crippen LogP contribution >= 0.6 is 0 Å². The van der Waals surface area contributed by atoms with Crippen LogP contribution in [0.3, 0.4) is 0 Å². The smallest absolute Gasteiger partial charge is 0.407 e. The van der Waals surface area contributed by atoms with Crippen LogP contribution in [0.1, 0.15) is 59.3 Å². The predicted molar refractivity (Wildman–Crippen MR) is 76.2 cm³/mol. The van der Waals surface area contributed by atoms with Crippen LogP contribution in [0.4, 0.5) is 4.79 Å². The van der Waals surface area contributed by atoms with Gasteiger partial charge >= 0.3 is 6.09 Å². The van der Waals surface area contributed by atoms with Crippen molar-refractivity contribution in [3.63, 3.8) is 0 Å². The zero-order valence-corrected chi connectivity index (χ0v) is 12.6. The first-order valence-electron chi connectivity index (χ1n) is 7.59. The Morgan fingerprint density at radius 1 is 1.26 bits per heavy atom. The van der Waals surface area contributed by atoms with Crippen molar-refractivity contribution in [1.82, 2.24) is 10.6 Å². The van der Waals surface area contributed by atoms with Crippen LogP contribution in [-0.2, 0) is 4.74 Å². The van der Waals surface area contributed by atoms with Crippen molar-refractivity contribution in [1.29, 1.82) is 0 Å². The van der Waals surface area contributed by atoms with E-state index in [0.29, 0.717) is 11.5 Å². The van der Waals surface area contributed by atoms with E-state index in [-0.39, 0.29) is 6.09 Å². The maximum Gasteiger partial charge on any atom is 0.407 e. The van der Waals surface area contributed by atoms with Gasteiger partial charge in [-0.2, -0.15) is 0 Å². The maximum atomic E-state index is 11.7. The van der Waals surface area contributed by atoms with Crippen molar-refractivity contribution < 1.29 is 9.53 Å². The summed E-state index contributed by atoms with van der Waals surface area (Å²) in [5.74, 6) is 0. The Labute approximate surface area is 116 Å². The standard InChI is InChI=1S/C15H28N2O2/c1-14(2,3)19-13(18)17-12-5-8-15(9-6-12)7-4-10-16-11-15/h12,16H,4-11H2,1-3H3,(H,17,18). The minimum absolute atomic E-state index is 0.268. The molecule has 2 fully saturated rings. The molecule has 1 spiro atoms. The van der Waals surface area contributed by atoms with Gasteiger partial charge in [0.25, 0.3) is 0 Å². The Kier molecular flexibility index (Phi) is 4.39. The highest BCUT2D eigenvalue weighted by atomic mass is 16.6. The molecule has 0 atom stereocenters. The van der Waals surface area contributed by atoms with Crippen LogP contribution in [0, 0.1) is 5.41 Å². The molecule has 110 valence electrons. The molecule has 1 saturated heterocycles. The van der Waals surface area contributed by atoms with Crippen molar-refractivity contribution in [3.05, 3.63) is 0 Å². The van der Waals surface area contributed by atoms with E-state index in [2.05, 4.69) is 10.6 Å². The molecule has 4 heteroatoms. The fourth-order valence-electron chi connectivity index (χ4n) is 3.31. The predicted octanol–water partition coefficient (Wildman–Crippen LogP) is 2.82. The Hall–Kier alpha value is -0.770. The van der Waals surface area contributed by atoms with Gasteiger partial charge in [-0.05, 0) is 71.3 Å². The summed E-state index contributed by atoms with van der Waals surface area (Å²) in [6.45, 7) is 8.02. The molecule has 2 N–H and O–H groups in total. The van der Waals surface area contributed by atoms with Gasteiger partial charge < -0.3 is 15.4 Å². The molecular formula is C15H28N2O2. The normalized spacial score (nSPS) is 32.1. The first kappa shape index (κ1) is 14.6. The third kappa shape index (κ3) is 4.37. The topological polar surface area (TPSA) is 50.4 Å². The molecule has 2 rings (SSSR count). The van der Waals surface area contributed by atoms with E-state index in [1.807, 2.05) is 20.8 Å². The van der Waals surface area contributed by atoms with Crippen molar-refractivity contribution in [2.24, 2.45) is 5.41 Å². The molecule has 2 aliphatic rings. The van der Waals surface area contributed by atoms with Gasteiger partial charge in [0.2, 0.25) is 0 Å². The second kappa shape index (κ2) is 5.70. The number of hydrogen-bond donors (Lipinski definition) is 2. The molecule has 1 amide bonds. The molecule has 4 nitrogen and oxygen atoms in total. The summed E-state index contributed by atoms with van der Waals surface area (Å²) in [6.07, 6.45) is 6.99. The summed E-state index contributed by atoms with van der Waals surface area (Å²) in [5, 5.41) is 6.54. The van der Waals surface area contributed by atoms with Crippen molar-refractivity contribution in [3.8, 4) is 0 Å². The van der Waals surface area contributed by atoms with Crippen LogP contribution in [0.15, 0.2) is 0 Å². The quantitative estimate of drug-likeness (QED) is 0.769. The molecule has 0 radical (unpaired) electrons. The Balaban J connectivity index is 1.75. The second-order valence-electron chi connectivity index (χ2n) is 7.20. The van der Waals surface area contributed by atoms with Crippen LogP contribution < -0.4 is 10.6 Å². The number of rotatable bonds is 1. The average molecular weight is 268 g/mol. The van der Waals surface area contributed by atoms with E-state index < -0.39 is 5.60 Å². The lowest BCUT2D eigenvalue weighted by atomic mass is 9.68. The number of hydrogen-bond acceptors (Lipinski definition) is 3. The number of amides is 1. The molecule has 0 aromatic rings. The lowest BCUT2D eigenvalue weighted by molar-refractivity contribution is 0.0455. The SMILES string of the molecule is CC(C)(C)OC(=O)NC1CCC2(CCCNC2)CC1. The van der Waals surface area contributed by atoms with Gasteiger partial charge in [0.05, 0.1) is 0 Å². The van der Waals surface area contributed by atoms with Crippen molar-refractivity contribution >= 4 is 6.09 Å². The Morgan fingerprint density at radius 3 is 2.47 bits per heavy atom. The number of nitrogens with one attached hydrogen (secondary N) is 2. The second-order valence-corrected chi connectivity index (χ2v) is 7.20. The highest BCUT2D eigenvalue weighted by molar-refractivity contribution is 5.68. The summed E-state index contributed by atoms with van der Waals surface area (Å²) in [7, 11) is 0. The van der Waals surface area contributed by atoms with Gasteiger partial charge in [-0.1, -0.05) is 0 Å². The van der Waals surface area contributed by atoms with E-state index in [0.717, 1.165) is 19.4 Å². The van der Waals surface area contributed by atoms with Gasteiger partial charge in [-0.25, -0.2) is 4.79 Å². The number of piperidine rings is 1. The number of carbonyl (C=O) groups is 1. The fraction of sp³-hybridized carbons (Fsp3) is 0.933. The number of ether oxygens (including phenoxy) is 1. The van der Waals surface area contributed by atoms with Gasteiger partial charge in [0, 0.05) is 12.6 Å². The Morgan fingerprint density at radius 2 is 1.95 bits per heavy atom. The van der Waals surface area contributed by atoms with Crippen LogP contribution in [0.2, 0.25) is 0 Å². The molecule has 0 aromatic heterocycles. The van der Waals surface area contributed by atoms with E-state index in [1.165, 1.54) is 32.2 Å². The van der Waals surface area contributed by atoms with Crippen molar-refractivity contribution in [2.75, 3.05) is 13.1 Å². The minimum Gasteiger partial charge on any atom is -0.444 e.